The second kappa shape index (κ2) is 6.67. The summed E-state index contributed by atoms with van der Waals surface area (Å²) in [5.74, 6) is 0. The highest BCUT2D eigenvalue weighted by Gasteiger charge is 2.35. The third-order valence-corrected chi connectivity index (χ3v) is 3.55. The maximum absolute atomic E-state index is 12.1. The average Bonchev–Trinajstić information content (AvgIpc) is 2.78. The van der Waals surface area contributed by atoms with Crippen molar-refractivity contribution in [1.82, 2.24) is 4.90 Å². The van der Waals surface area contributed by atoms with E-state index in [0.29, 0.717) is 19.7 Å². The molecule has 1 saturated heterocycles. The van der Waals surface area contributed by atoms with Gasteiger partial charge in [0, 0.05) is 6.54 Å². The van der Waals surface area contributed by atoms with Gasteiger partial charge in [0.1, 0.15) is 5.60 Å². The van der Waals surface area contributed by atoms with E-state index in [-0.39, 0.29) is 18.2 Å². The second-order valence-corrected chi connectivity index (χ2v) is 6.88. The van der Waals surface area contributed by atoms with Gasteiger partial charge in [-0.25, -0.2) is 4.79 Å². The van der Waals surface area contributed by atoms with E-state index in [1.165, 1.54) is 5.56 Å². The summed E-state index contributed by atoms with van der Waals surface area (Å²) in [6, 6.07) is 8.02. The van der Waals surface area contributed by atoms with Gasteiger partial charge in [-0.1, -0.05) is 29.8 Å². The number of nitrogens with two attached hydrogens (primary N) is 1. The van der Waals surface area contributed by atoms with Crippen LogP contribution in [0.4, 0.5) is 4.79 Å². The SMILES string of the molecule is Cc1ccc(CO[C@H]2CN(C(=O)OC(C)(C)C)C[C@@H]2N)cc1. The first-order chi connectivity index (χ1) is 10.2. The Hall–Kier alpha value is -1.59. The molecule has 1 amide bonds. The molecule has 0 bridgehead atoms. The van der Waals surface area contributed by atoms with E-state index in [4.69, 9.17) is 15.2 Å². The van der Waals surface area contributed by atoms with Crippen LogP contribution in [0.25, 0.3) is 0 Å². The van der Waals surface area contributed by atoms with Crippen LogP contribution in [0, 0.1) is 6.92 Å². The van der Waals surface area contributed by atoms with Gasteiger partial charge in [0.25, 0.3) is 0 Å². The largest absolute Gasteiger partial charge is 0.444 e. The molecular weight excluding hydrogens is 280 g/mol. The van der Waals surface area contributed by atoms with E-state index in [9.17, 15) is 4.79 Å². The maximum atomic E-state index is 12.1. The van der Waals surface area contributed by atoms with Gasteiger partial charge in [0.15, 0.2) is 0 Å². The number of carbonyl (C=O) groups excluding carboxylic acids is 1. The second-order valence-electron chi connectivity index (χ2n) is 6.88. The van der Waals surface area contributed by atoms with Gasteiger partial charge >= 0.3 is 6.09 Å². The summed E-state index contributed by atoms with van der Waals surface area (Å²) in [6.45, 7) is 9.05. The van der Waals surface area contributed by atoms with Crippen molar-refractivity contribution in [2.75, 3.05) is 13.1 Å². The van der Waals surface area contributed by atoms with E-state index < -0.39 is 5.60 Å². The third kappa shape index (κ3) is 4.71. The van der Waals surface area contributed by atoms with Crippen molar-refractivity contribution >= 4 is 6.09 Å². The van der Waals surface area contributed by atoms with Crippen LogP contribution < -0.4 is 5.73 Å². The standard InChI is InChI=1S/C17H26N2O3/c1-12-5-7-13(8-6-12)11-21-15-10-19(9-14(15)18)16(20)22-17(2,3)4/h5-8,14-15H,9-11,18H2,1-4H3/t14-,15-/m0/s1. The fraction of sp³-hybridized carbons (Fsp3) is 0.588. The van der Waals surface area contributed by atoms with Crippen LogP contribution in [-0.4, -0.2) is 41.8 Å². The minimum Gasteiger partial charge on any atom is -0.444 e. The predicted octanol–water partition coefficient (Wildman–Crippen LogP) is 2.46. The highest BCUT2D eigenvalue weighted by atomic mass is 16.6. The number of benzene rings is 1. The summed E-state index contributed by atoms with van der Waals surface area (Å²) in [6.07, 6.45) is -0.488. The van der Waals surface area contributed by atoms with Crippen LogP contribution >= 0.6 is 0 Å². The molecule has 0 unspecified atom stereocenters. The van der Waals surface area contributed by atoms with Crippen molar-refractivity contribution in [3.05, 3.63) is 35.4 Å². The molecule has 0 saturated carbocycles. The van der Waals surface area contributed by atoms with Crippen molar-refractivity contribution in [3.63, 3.8) is 0 Å². The minimum absolute atomic E-state index is 0.158. The normalized spacial score (nSPS) is 22.0. The Labute approximate surface area is 132 Å². The number of likely N-dealkylation sites (tertiary alicyclic amines) is 1. The number of nitrogens with zero attached hydrogens (tertiary/aromatic N) is 1. The number of carbonyl (C=O) groups is 1. The van der Waals surface area contributed by atoms with Crippen LogP contribution in [0.2, 0.25) is 0 Å². The molecule has 1 heterocycles. The molecule has 122 valence electrons. The fourth-order valence-electron chi connectivity index (χ4n) is 2.34. The number of hydrogen-bond acceptors (Lipinski definition) is 4. The highest BCUT2D eigenvalue weighted by molar-refractivity contribution is 5.68. The first kappa shape index (κ1) is 16.8. The Morgan fingerprint density at radius 3 is 2.50 bits per heavy atom. The van der Waals surface area contributed by atoms with Gasteiger partial charge in [-0.3, -0.25) is 0 Å². The Morgan fingerprint density at radius 2 is 1.91 bits per heavy atom. The lowest BCUT2D eigenvalue weighted by Gasteiger charge is -2.24. The quantitative estimate of drug-likeness (QED) is 0.931. The molecule has 1 aromatic rings. The molecule has 2 atom stereocenters. The van der Waals surface area contributed by atoms with Crippen LogP contribution in [0.3, 0.4) is 0 Å². The topological polar surface area (TPSA) is 64.8 Å². The first-order valence-corrected chi connectivity index (χ1v) is 7.65. The molecular formula is C17H26N2O3. The molecule has 0 radical (unpaired) electrons. The number of rotatable bonds is 3. The zero-order valence-electron chi connectivity index (χ0n) is 13.8. The molecule has 0 aromatic heterocycles. The lowest BCUT2D eigenvalue weighted by Crippen LogP contribution is -2.36. The summed E-state index contributed by atoms with van der Waals surface area (Å²) in [5.41, 5.74) is 7.91. The van der Waals surface area contributed by atoms with Gasteiger partial charge in [-0.15, -0.1) is 0 Å². The Morgan fingerprint density at radius 1 is 1.27 bits per heavy atom. The van der Waals surface area contributed by atoms with E-state index in [0.717, 1.165) is 5.56 Å². The minimum atomic E-state index is -0.498. The van der Waals surface area contributed by atoms with Crippen LogP contribution in [0.15, 0.2) is 24.3 Å². The number of amides is 1. The molecule has 5 nitrogen and oxygen atoms in total. The zero-order chi connectivity index (χ0) is 16.3. The van der Waals surface area contributed by atoms with Gasteiger partial charge in [0.2, 0.25) is 0 Å². The van der Waals surface area contributed by atoms with Gasteiger partial charge in [-0.2, -0.15) is 0 Å². The molecule has 0 aliphatic carbocycles. The van der Waals surface area contributed by atoms with Gasteiger partial charge < -0.3 is 20.1 Å². The Kier molecular flexibility index (Phi) is 5.08. The maximum Gasteiger partial charge on any atom is 0.410 e. The van der Waals surface area contributed by atoms with Crippen molar-refractivity contribution in [3.8, 4) is 0 Å². The Bertz CT molecular complexity index is 508. The molecule has 5 heteroatoms. The van der Waals surface area contributed by atoms with E-state index in [1.54, 1.807) is 4.90 Å². The van der Waals surface area contributed by atoms with Crippen LogP contribution in [-0.2, 0) is 16.1 Å². The summed E-state index contributed by atoms with van der Waals surface area (Å²) < 4.78 is 11.2. The number of ether oxygens (including phenoxy) is 2. The lowest BCUT2D eigenvalue weighted by molar-refractivity contribution is 0.0172. The zero-order valence-corrected chi connectivity index (χ0v) is 13.8. The Balaban J connectivity index is 1.85. The van der Waals surface area contributed by atoms with Crippen LogP contribution in [0.1, 0.15) is 31.9 Å². The van der Waals surface area contributed by atoms with Gasteiger partial charge in [0.05, 0.1) is 25.3 Å². The molecule has 22 heavy (non-hydrogen) atoms. The van der Waals surface area contributed by atoms with E-state index in [2.05, 4.69) is 19.1 Å². The summed E-state index contributed by atoms with van der Waals surface area (Å²) >= 11 is 0. The molecule has 2 N–H and O–H groups in total. The van der Waals surface area contributed by atoms with Crippen molar-refractivity contribution < 1.29 is 14.3 Å². The molecule has 1 aliphatic heterocycles. The fourth-order valence-corrected chi connectivity index (χ4v) is 2.34. The average molecular weight is 306 g/mol. The third-order valence-electron chi connectivity index (χ3n) is 3.55. The molecule has 1 aromatic carbocycles. The number of aryl methyl sites for hydroxylation is 1. The number of hydrogen-bond donors (Lipinski definition) is 1. The predicted molar refractivity (Wildman–Crippen MR) is 85.5 cm³/mol. The first-order valence-electron chi connectivity index (χ1n) is 7.65. The van der Waals surface area contributed by atoms with Crippen molar-refractivity contribution in [2.24, 2.45) is 5.73 Å². The van der Waals surface area contributed by atoms with Crippen LogP contribution in [0.5, 0.6) is 0 Å². The summed E-state index contributed by atoms with van der Waals surface area (Å²) in [7, 11) is 0. The lowest BCUT2D eigenvalue weighted by atomic mass is 10.1. The summed E-state index contributed by atoms with van der Waals surface area (Å²) in [4.78, 5) is 13.7. The highest BCUT2D eigenvalue weighted by Crippen LogP contribution is 2.18. The van der Waals surface area contributed by atoms with E-state index in [1.807, 2.05) is 32.9 Å². The van der Waals surface area contributed by atoms with E-state index >= 15 is 0 Å². The molecule has 0 spiro atoms. The van der Waals surface area contributed by atoms with Crippen molar-refractivity contribution in [2.45, 2.75) is 52.0 Å². The molecule has 1 fully saturated rings. The molecule has 2 rings (SSSR count). The van der Waals surface area contributed by atoms with Gasteiger partial charge in [-0.05, 0) is 33.3 Å². The summed E-state index contributed by atoms with van der Waals surface area (Å²) in [5, 5.41) is 0. The molecule has 1 aliphatic rings. The van der Waals surface area contributed by atoms with Crippen molar-refractivity contribution in [1.29, 1.82) is 0 Å². The monoisotopic (exact) mass is 306 g/mol. The smallest absolute Gasteiger partial charge is 0.410 e.